The largest absolute Gasteiger partial charge is 0.395 e. The molecule has 3 aromatic carbocycles. The van der Waals surface area contributed by atoms with E-state index in [1.807, 2.05) is 36.3 Å². The molecule has 0 aliphatic heterocycles. The minimum Gasteiger partial charge on any atom is -0.395 e. The van der Waals surface area contributed by atoms with Gasteiger partial charge in [0.1, 0.15) is 0 Å². The molecule has 3 rings (SSSR count). The maximum atomic E-state index is 13.3. The third kappa shape index (κ3) is 11.4. The maximum Gasteiger partial charge on any atom is 0.322 e. The Morgan fingerprint density at radius 2 is 1.50 bits per heavy atom. The lowest BCUT2D eigenvalue weighted by Crippen LogP contribution is -2.43. The van der Waals surface area contributed by atoms with Gasteiger partial charge in [0.2, 0.25) is 0 Å². The van der Waals surface area contributed by atoms with Crippen molar-refractivity contribution in [2.45, 2.75) is 40.0 Å². The van der Waals surface area contributed by atoms with Gasteiger partial charge in [0.25, 0.3) is 0 Å². The average molecular weight is 560 g/mol. The monoisotopic (exact) mass is 559 g/mol. The van der Waals surface area contributed by atoms with Crippen LogP contribution in [0.25, 0.3) is 5.57 Å². The van der Waals surface area contributed by atoms with Gasteiger partial charge in [-0.2, -0.15) is 0 Å². The normalized spacial score (nSPS) is 11.0. The molecule has 0 spiro atoms. The molecule has 0 aliphatic rings. The van der Waals surface area contributed by atoms with Crippen LogP contribution in [0.15, 0.2) is 102 Å². The number of amides is 2. The van der Waals surface area contributed by atoms with Gasteiger partial charge in [-0.1, -0.05) is 123 Å². The van der Waals surface area contributed by atoms with Crippen molar-refractivity contribution < 1.29 is 9.90 Å². The van der Waals surface area contributed by atoms with E-state index in [9.17, 15) is 4.79 Å². The second-order valence-corrected chi connectivity index (χ2v) is 10.2. The number of nitrogens with one attached hydrogen (secondary N) is 2. The number of rotatable bonds is 14. The molecule has 5 nitrogen and oxygen atoms in total. The molecule has 0 atom stereocenters. The number of hydrogen-bond donors (Lipinski definition) is 3. The number of aliphatic hydroxyl groups is 1. The number of nitrogens with zero attached hydrogens (tertiary/aromatic N) is 1. The molecule has 0 aromatic heterocycles. The zero-order valence-electron chi connectivity index (χ0n) is 24.4. The van der Waals surface area contributed by atoms with E-state index in [0.29, 0.717) is 31.2 Å². The summed E-state index contributed by atoms with van der Waals surface area (Å²) in [4.78, 5) is 15.1. The van der Waals surface area contributed by atoms with E-state index < -0.39 is 0 Å². The molecule has 0 fully saturated rings. The van der Waals surface area contributed by atoms with Crippen LogP contribution in [-0.2, 0) is 0 Å². The molecule has 0 heterocycles. The van der Waals surface area contributed by atoms with Gasteiger partial charge in [-0.25, -0.2) is 4.79 Å². The molecule has 3 N–H and O–H groups in total. The highest BCUT2D eigenvalue weighted by Crippen LogP contribution is 2.28. The van der Waals surface area contributed by atoms with Gasteiger partial charge < -0.3 is 20.6 Å². The summed E-state index contributed by atoms with van der Waals surface area (Å²) in [5.74, 6) is 0.177. The van der Waals surface area contributed by atoms with E-state index >= 15 is 0 Å². The van der Waals surface area contributed by atoms with Crippen molar-refractivity contribution >= 4 is 23.4 Å². The van der Waals surface area contributed by atoms with E-state index in [1.165, 1.54) is 28.5 Å². The van der Waals surface area contributed by atoms with Gasteiger partial charge in [0, 0.05) is 32.1 Å². The Balaban J connectivity index is 0.00000274. The summed E-state index contributed by atoms with van der Waals surface area (Å²) >= 11 is 1.42. The van der Waals surface area contributed by atoms with Gasteiger partial charge in [-0.05, 0) is 47.9 Å². The summed E-state index contributed by atoms with van der Waals surface area (Å²) in [5, 5.41) is 17.9. The zero-order valence-corrected chi connectivity index (χ0v) is 25.2. The second-order valence-electron chi connectivity index (χ2n) is 9.26. The first-order valence-corrected chi connectivity index (χ1v) is 14.9. The first kappa shape index (κ1) is 32.9. The standard InChI is InChI=1S/C32H39N3O2S.C2H6/c1-25-14-16-28(17-15-25)26(2)24-38-27(3)34-32(37)35(22-19-33-20-23-36)21-18-31(29-10-6-4-7-11-29)30-12-8-5-9-13-30;1-2/h4-17,24,31,33,36H,3,18-23H2,1-2H3,(H,34,37);1-2H3/b26-24+;. The lowest BCUT2D eigenvalue weighted by atomic mass is 9.88. The van der Waals surface area contributed by atoms with Crippen LogP contribution in [0.5, 0.6) is 0 Å². The number of carbonyl (C=O) groups is 1. The second kappa shape index (κ2) is 18.9. The van der Waals surface area contributed by atoms with Crippen molar-refractivity contribution in [3.05, 3.63) is 124 Å². The molecule has 6 heteroatoms. The van der Waals surface area contributed by atoms with Crippen molar-refractivity contribution in [2.75, 3.05) is 32.8 Å². The van der Waals surface area contributed by atoms with Crippen molar-refractivity contribution in [3.63, 3.8) is 0 Å². The average Bonchev–Trinajstić information content (AvgIpc) is 2.99. The molecule has 214 valence electrons. The number of urea groups is 1. The topological polar surface area (TPSA) is 64.6 Å². The fourth-order valence-corrected chi connectivity index (χ4v) is 4.79. The van der Waals surface area contributed by atoms with E-state index in [0.717, 1.165) is 17.6 Å². The van der Waals surface area contributed by atoms with Gasteiger partial charge in [0.05, 0.1) is 11.6 Å². The fraction of sp³-hybridized carbons (Fsp3) is 0.324. The molecule has 0 radical (unpaired) electrons. The third-order valence-electron chi connectivity index (χ3n) is 6.36. The zero-order chi connectivity index (χ0) is 29.2. The summed E-state index contributed by atoms with van der Waals surface area (Å²) in [7, 11) is 0. The number of aryl methyl sites for hydroxylation is 1. The Bertz CT molecular complexity index is 1130. The first-order chi connectivity index (χ1) is 19.5. The lowest BCUT2D eigenvalue weighted by Gasteiger charge is -2.26. The van der Waals surface area contributed by atoms with Crippen LogP contribution in [0.3, 0.4) is 0 Å². The molecule has 40 heavy (non-hydrogen) atoms. The van der Waals surface area contributed by atoms with Crippen molar-refractivity contribution in [3.8, 4) is 0 Å². The number of benzene rings is 3. The van der Waals surface area contributed by atoms with Crippen LogP contribution in [-0.4, -0.2) is 48.8 Å². The highest BCUT2D eigenvalue weighted by Gasteiger charge is 2.19. The SMILES string of the molecule is C=C(NC(=O)N(CCNCCO)CCC(c1ccccc1)c1ccccc1)S/C=C(\C)c1ccc(C)cc1.CC. The van der Waals surface area contributed by atoms with Crippen molar-refractivity contribution in [1.29, 1.82) is 0 Å². The molecule has 0 saturated heterocycles. The van der Waals surface area contributed by atoms with E-state index in [-0.39, 0.29) is 18.6 Å². The molecule has 2 amide bonds. The minimum absolute atomic E-state index is 0.0659. The number of carbonyl (C=O) groups excluding carboxylic acids is 1. The van der Waals surface area contributed by atoms with Crippen LogP contribution < -0.4 is 10.6 Å². The predicted octanol–water partition coefficient (Wildman–Crippen LogP) is 7.40. The molecule has 0 aliphatic carbocycles. The van der Waals surface area contributed by atoms with E-state index in [2.05, 4.69) is 104 Å². The van der Waals surface area contributed by atoms with Gasteiger partial charge in [0.15, 0.2) is 0 Å². The van der Waals surface area contributed by atoms with Crippen LogP contribution in [0.1, 0.15) is 55.4 Å². The summed E-state index contributed by atoms with van der Waals surface area (Å²) in [5.41, 5.74) is 5.94. The van der Waals surface area contributed by atoms with Crippen LogP contribution in [0.4, 0.5) is 4.79 Å². The molecular formula is C34H45N3O2S. The molecule has 0 saturated carbocycles. The highest BCUT2D eigenvalue weighted by molar-refractivity contribution is 8.05. The molecule has 3 aromatic rings. The summed E-state index contributed by atoms with van der Waals surface area (Å²) in [6, 6.07) is 29.1. The van der Waals surface area contributed by atoms with Crippen LogP contribution in [0, 0.1) is 6.92 Å². The predicted molar refractivity (Wildman–Crippen MR) is 172 cm³/mol. The Hall–Kier alpha value is -3.32. The molecule has 0 bridgehead atoms. The summed E-state index contributed by atoms with van der Waals surface area (Å²) < 4.78 is 0. The fourth-order valence-electron chi connectivity index (χ4n) is 4.19. The Labute approximate surface area is 245 Å². The molecular weight excluding hydrogens is 514 g/mol. The Morgan fingerprint density at radius 3 is 2.05 bits per heavy atom. The van der Waals surface area contributed by atoms with E-state index in [4.69, 9.17) is 5.11 Å². The van der Waals surface area contributed by atoms with E-state index in [1.54, 1.807) is 0 Å². The first-order valence-electron chi connectivity index (χ1n) is 14.0. The maximum absolute atomic E-state index is 13.3. The van der Waals surface area contributed by atoms with Gasteiger partial charge in [-0.15, -0.1) is 0 Å². The lowest BCUT2D eigenvalue weighted by molar-refractivity contribution is 0.199. The number of allylic oxidation sites excluding steroid dienone is 1. The Morgan fingerprint density at radius 1 is 0.925 bits per heavy atom. The smallest absolute Gasteiger partial charge is 0.322 e. The summed E-state index contributed by atoms with van der Waals surface area (Å²) in [6.45, 7) is 14.5. The Kier molecular flexibility index (Phi) is 15.5. The van der Waals surface area contributed by atoms with Crippen LogP contribution in [0.2, 0.25) is 0 Å². The number of hydrogen-bond acceptors (Lipinski definition) is 4. The van der Waals surface area contributed by atoms with Gasteiger partial charge in [-0.3, -0.25) is 0 Å². The number of aliphatic hydroxyl groups excluding tert-OH is 1. The quantitative estimate of drug-likeness (QED) is 0.180. The number of thioether (sulfide) groups is 1. The minimum atomic E-state index is -0.172. The van der Waals surface area contributed by atoms with Gasteiger partial charge >= 0.3 is 6.03 Å². The van der Waals surface area contributed by atoms with Crippen molar-refractivity contribution in [2.24, 2.45) is 0 Å². The van der Waals surface area contributed by atoms with Crippen LogP contribution >= 0.6 is 11.8 Å². The highest BCUT2D eigenvalue weighted by atomic mass is 32.2. The summed E-state index contributed by atoms with van der Waals surface area (Å²) in [6.07, 6.45) is 0.785. The third-order valence-corrected chi connectivity index (χ3v) is 7.22. The molecule has 0 unspecified atom stereocenters. The van der Waals surface area contributed by atoms with Crippen molar-refractivity contribution in [1.82, 2.24) is 15.5 Å².